The van der Waals surface area contributed by atoms with Crippen molar-refractivity contribution in [3.63, 3.8) is 0 Å². The summed E-state index contributed by atoms with van der Waals surface area (Å²) in [5.41, 5.74) is 5.23. The van der Waals surface area contributed by atoms with Crippen molar-refractivity contribution >= 4 is 17.8 Å². The molecule has 1 rings (SSSR count). The number of hydrogen-bond acceptors (Lipinski definition) is 3. The van der Waals surface area contributed by atoms with E-state index in [1.807, 2.05) is 4.90 Å². The van der Waals surface area contributed by atoms with Gasteiger partial charge in [-0.05, 0) is 31.6 Å². The number of carbonyl (C=O) groups is 2. The first-order valence-electron chi connectivity index (χ1n) is 9.41. The molecule has 144 valence electrons. The Kier molecular flexibility index (Phi) is 9.31. The molecule has 0 radical (unpaired) electrons. The van der Waals surface area contributed by atoms with E-state index in [0.29, 0.717) is 12.3 Å². The standard InChI is InChI=1S/C18H34N4O3/c1-13(2)12-22-15(8-9-16(23)24)11-14(17(22)25)7-5-3-4-6-10-21-18(19)20/h13-15H,3-12H2,1-2H3,(H,23,24)(H4,19,20,21)/t14-,15-/m1/s1. The molecule has 0 aliphatic carbocycles. The number of hydrogen-bond donors (Lipinski definition) is 4. The van der Waals surface area contributed by atoms with Crippen LogP contribution in [0.15, 0.2) is 0 Å². The molecule has 0 unspecified atom stereocenters. The third-order valence-corrected chi connectivity index (χ3v) is 4.68. The van der Waals surface area contributed by atoms with Gasteiger partial charge in [0.25, 0.3) is 0 Å². The van der Waals surface area contributed by atoms with Crippen LogP contribution in [-0.4, -0.2) is 47.0 Å². The van der Waals surface area contributed by atoms with E-state index >= 15 is 0 Å². The zero-order valence-electron chi connectivity index (χ0n) is 15.6. The summed E-state index contributed by atoms with van der Waals surface area (Å²) >= 11 is 0. The molecule has 25 heavy (non-hydrogen) atoms. The fraction of sp³-hybridized carbons (Fsp3) is 0.833. The molecule has 1 aliphatic rings. The van der Waals surface area contributed by atoms with Gasteiger partial charge in [0, 0.05) is 31.5 Å². The van der Waals surface area contributed by atoms with Crippen LogP contribution in [0.2, 0.25) is 0 Å². The highest BCUT2D eigenvalue weighted by atomic mass is 16.4. The van der Waals surface area contributed by atoms with Crippen LogP contribution in [0.25, 0.3) is 0 Å². The van der Waals surface area contributed by atoms with E-state index in [2.05, 4.69) is 19.2 Å². The molecule has 0 bridgehead atoms. The van der Waals surface area contributed by atoms with Gasteiger partial charge in [0.1, 0.15) is 0 Å². The number of unbranched alkanes of at least 4 members (excludes halogenated alkanes) is 3. The third kappa shape index (κ3) is 8.23. The first-order valence-corrected chi connectivity index (χ1v) is 9.41. The van der Waals surface area contributed by atoms with Crippen molar-refractivity contribution in [3.8, 4) is 0 Å². The number of aliphatic carboxylic acids is 1. The number of carboxylic acids is 1. The van der Waals surface area contributed by atoms with Crippen LogP contribution in [0.5, 0.6) is 0 Å². The van der Waals surface area contributed by atoms with Gasteiger partial charge in [0.2, 0.25) is 5.91 Å². The summed E-state index contributed by atoms with van der Waals surface area (Å²) in [6.07, 6.45) is 6.47. The second-order valence-corrected chi connectivity index (χ2v) is 7.45. The Bertz CT molecular complexity index is 454. The van der Waals surface area contributed by atoms with E-state index in [-0.39, 0.29) is 30.2 Å². The molecule has 0 aromatic rings. The smallest absolute Gasteiger partial charge is 0.303 e. The maximum absolute atomic E-state index is 12.7. The number of guanidine groups is 1. The molecular formula is C18H34N4O3. The van der Waals surface area contributed by atoms with Crippen molar-refractivity contribution in [2.24, 2.45) is 17.6 Å². The maximum Gasteiger partial charge on any atom is 0.303 e. The van der Waals surface area contributed by atoms with Crippen molar-refractivity contribution in [1.82, 2.24) is 10.2 Å². The van der Waals surface area contributed by atoms with E-state index in [0.717, 1.165) is 51.6 Å². The molecule has 1 heterocycles. The summed E-state index contributed by atoms with van der Waals surface area (Å²) in [6.45, 7) is 5.61. The normalized spacial score (nSPS) is 20.3. The molecule has 1 aliphatic heterocycles. The summed E-state index contributed by atoms with van der Waals surface area (Å²) < 4.78 is 0. The Morgan fingerprint density at radius 2 is 2.00 bits per heavy atom. The van der Waals surface area contributed by atoms with Crippen LogP contribution in [0.3, 0.4) is 0 Å². The first-order chi connectivity index (χ1) is 11.8. The predicted octanol–water partition coefficient (Wildman–Crippen LogP) is 2.16. The quantitative estimate of drug-likeness (QED) is 0.243. The van der Waals surface area contributed by atoms with Gasteiger partial charge in [-0.25, -0.2) is 0 Å². The van der Waals surface area contributed by atoms with Crippen LogP contribution in [0.1, 0.15) is 65.2 Å². The highest BCUT2D eigenvalue weighted by Crippen LogP contribution is 2.32. The number of nitrogens with zero attached hydrogens (tertiary/aromatic N) is 1. The van der Waals surface area contributed by atoms with Crippen molar-refractivity contribution < 1.29 is 14.7 Å². The Morgan fingerprint density at radius 1 is 1.32 bits per heavy atom. The monoisotopic (exact) mass is 354 g/mol. The summed E-state index contributed by atoms with van der Waals surface area (Å²) in [5, 5.41) is 18.8. The van der Waals surface area contributed by atoms with Gasteiger partial charge < -0.3 is 21.1 Å². The van der Waals surface area contributed by atoms with Crippen LogP contribution in [0.4, 0.5) is 0 Å². The lowest BCUT2D eigenvalue weighted by atomic mass is 9.96. The highest BCUT2D eigenvalue weighted by Gasteiger charge is 2.38. The lowest BCUT2D eigenvalue weighted by molar-refractivity contribution is -0.138. The van der Waals surface area contributed by atoms with Crippen LogP contribution in [-0.2, 0) is 9.59 Å². The summed E-state index contributed by atoms with van der Waals surface area (Å²) in [6, 6.07) is 0.0794. The van der Waals surface area contributed by atoms with E-state index in [1.54, 1.807) is 0 Å². The first kappa shape index (κ1) is 21.3. The SMILES string of the molecule is CC(C)CN1C(=O)[C@H](CCCCCCNC(=N)N)C[C@H]1CCC(=O)O. The minimum atomic E-state index is -0.792. The zero-order valence-corrected chi connectivity index (χ0v) is 15.6. The molecule has 0 saturated carbocycles. The minimum absolute atomic E-state index is 0.00852. The van der Waals surface area contributed by atoms with Crippen molar-refractivity contribution in [2.75, 3.05) is 13.1 Å². The molecule has 1 amide bonds. The van der Waals surface area contributed by atoms with Crippen molar-refractivity contribution in [1.29, 1.82) is 5.41 Å². The minimum Gasteiger partial charge on any atom is -0.481 e. The van der Waals surface area contributed by atoms with E-state index in [1.165, 1.54) is 0 Å². The number of rotatable bonds is 12. The molecule has 0 aromatic heterocycles. The zero-order chi connectivity index (χ0) is 18.8. The Morgan fingerprint density at radius 3 is 2.60 bits per heavy atom. The van der Waals surface area contributed by atoms with Gasteiger partial charge in [-0.15, -0.1) is 0 Å². The van der Waals surface area contributed by atoms with Gasteiger partial charge in [-0.1, -0.05) is 33.1 Å². The number of likely N-dealkylation sites (tertiary alicyclic amines) is 1. The Hall–Kier alpha value is -1.79. The average Bonchev–Trinajstić information content (AvgIpc) is 2.80. The molecule has 2 atom stereocenters. The topological polar surface area (TPSA) is 120 Å². The van der Waals surface area contributed by atoms with E-state index in [4.69, 9.17) is 16.2 Å². The molecule has 7 heteroatoms. The molecule has 0 spiro atoms. The summed E-state index contributed by atoms with van der Waals surface area (Å²) in [4.78, 5) is 25.5. The molecule has 5 N–H and O–H groups in total. The number of amides is 1. The Balaban J connectivity index is 2.36. The van der Waals surface area contributed by atoms with Crippen LogP contribution < -0.4 is 11.1 Å². The van der Waals surface area contributed by atoms with Gasteiger partial charge in [0.05, 0.1) is 0 Å². The predicted molar refractivity (Wildman–Crippen MR) is 98.3 cm³/mol. The van der Waals surface area contributed by atoms with Gasteiger partial charge >= 0.3 is 5.97 Å². The third-order valence-electron chi connectivity index (χ3n) is 4.68. The molecule has 0 aromatic carbocycles. The lowest BCUT2D eigenvalue weighted by Crippen LogP contribution is -2.37. The molecule has 1 saturated heterocycles. The fourth-order valence-electron chi connectivity index (χ4n) is 3.50. The van der Waals surface area contributed by atoms with Crippen molar-refractivity contribution in [3.05, 3.63) is 0 Å². The number of nitrogens with one attached hydrogen (secondary N) is 2. The fourth-order valence-corrected chi connectivity index (χ4v) is 3.50. The molecular weight excluding hydrogens is 320 g/mol. The number of carboxylic acid groups (broad SMARTS) is 1. The second kappa shape index (κ2) is 10.9. The van der Waals surface area contributed by atoms with Gasteiger partial charge in [-0.3, -0.25) is 15.0 Å². The number of nitrogens with two attached hydrogens (primary N) is 1. The van der Waals surface area contributed by atoms with E-state index in [9.17, 15) is 9.59 Å². The molecule has 1 fully saturated rings. The van der Waals surface area contributed by atoms with Gasteiger partial charge in [0.15, 0.2) is 5.96 Å². The lowest BCUT2D eigenvalue weighted by Gasteiger charge is -2.26. The maximum atomic E-state index is 12.7. The largest absolute Gasteiger partial charge is 0.481 e. The summed E-state index contributed by atoms with van der Waals surface area (Å²) in [5.74, 6) is -0.132. The highest BCUT2D eigenvalue weighted by molar-refractivity contribution is 5.81. The number of carbonyl (C=O) groups excluding carboxylic acids is 1. The second-order valence-electron chi connectivity index (χ2n) is 7.45. The van der Waals surface area contributed by atoms with Crippen molar-refractivity contribution in [2.45, 2.75) is 71.3 Å². The molecule has 7 nitrogen and oxygen atoms in total. The van der Waals surface area contributed by atoms with Crippen LogP contribution >= 0.6 is 0 Å². The van der Waals surface area contributed by atoms with Gasteiger partial charge in [-0.2, -0.15) is 0 Å². The van der Waals surface area contributed by atoms with Crippen LogP contribution in [0, 0.1) is 17.2 Å². The Labute approximate surface area is 150 Å². The average molecular weight is 354 g/mol. The summed E-state index contributed by atoms with van der Waals surface area (Å²) in [7, 11) is 0. The van der Waals surface area contributed by atoms with E-state index < -0.39 is 5.97 Å².